The van der Waals surface area contributed by atoms with Crippen LogP contribution < -0.4 is 33.6 Å². The molecule has 0 fully saturated rings. The molecule has 2 rings (SSSR count). The lowest BCUT2D eigenvalue weighted by Gasteiger charge is -2.12. The highest BCUT2D eigenvalue weighted by Crippen LogP contribution is 2.19. The van der Waals surface area contributed by atoms with Gasteiger partial charge in [-0.2, -0.15) is 5.10 Å². The Morgan fingerprint density at radius 1 is 0.867 bits per heavy atom. The number of nitrogens with two attached hydrogens (primary N) is 4. The number of amides is 2. The number of urea groups is 1. The number of nitrogens with zero attached hydrogens (tertiary/aromatic N) is 3. The maximum atomic E-state index is 12.2. The Bertz CT molecular complexity index is 939. The highest BCUT2D eigenvalue weighted by molar-refractivity contribution is 6.01. The van der Waals surface area contributed by atoms with E-state index in [1.54, 1.807) is 19.1 Å². The Balaban J connectivity index is 1.93. The zero-order valence-electron chi connectivity index (χ0n) is 17.0. The topological polar surface area (TPSA) is 182 Å². The first kappa shape index (κ1) is 22.2. The number of hydrogen-bond acceptors (Lipinski definition) is 4. The maximum Gasteiger partial charge on any atom is 0.323 e. The highest BCUT2D eigenvalue weighted by Gasteiger charge is 2.07. The van der Waals surface area contributed by atoms with Crippen molar-refractivity contribution in [3.05, 3.63) is 59.7 Å². The van der Waals surface area contributed by atoms with E-state index in [0.717, 1.165) is 11.1 Å². The van der Waals surface area contributed by atoms with E-state index < -0.39 is 0 Å². The smallest absolute Gasteiger partial charge is 0.323 e. The SMILES string of the molecule is CC(=NN=C(N)N)c1ccc(NC(=O)Nc2ccc(C(C)CN=C(N)N)cc2)cc1. The molecule has 0 aliphatic heterocycles. The molecule has 1 unspecified atom stereocenters. The molecule has 1 atom stereocenters. The van der Waals surface area contributed by atoms with Crippen LogP contribution in [0.15, 0.2) is 63.7 Å². The molecular weight excluding hydrogens is 382 g/mol. The second kappa shape index (κ2) is 10.5. The number of benzene rings is 2. The first-order valence-electron chi connectivity index (χ1n) is 9.21. The fourth-order valence-corrected chi connectivity index (χ4v) is 2.52. The molecule has 0 radical (unpaired) electrons. The predicted molar refractivity (Wildman–Crippen MR) is 123 cm³/mol. The van der Waals surface area contributed by atoms with Gasteiger partial charge in [-0.1, -0.05) is 31.2 Å². The highest BCUT2D eigenvalue weighted by atomic mass is 16.2. The summed E-state index contributed by atoms with van der Waals surface area (Å²) in [7, 11) is 0. The van der Waals surface area contributed by atoms with Crippen LogP contribution in [0.4, 0.5) is 16.2 Å². The zero-order valence-corrected chi connectivity index (χ0v) is 17.0. The Morgan fingerprint density at radius 2 is 1.40 bits per heavy atom. The van der Waals surface area contributed by atoms with Crippen LogP contribution in [-0.2, 0) is 0 Å². The number of nitrogens with one attached hydrogen (secondary N) is 2. The standard InChI is InChI=1S/C20H27N9O/c1-12(11-25-18(21)22)14-3-7-16(8-4-14)26-20(30)27-17-9-5-15(6-10-17)13(2)28-29-19(23)24/h3-10,12H,11H2,1-2H3,(H4,21,22,25)(H4,23,24,29)(H2,26,27,30). The van der Waals surface area contributed by atoms with Gasteiger partial charge >= 0.3 is 6.03 Å². The second-order valence-corrected chi connectivity index (χ2v) is 6.66. The molecule has 10 nitrogen and oxygen atoms in total. The molecule has 158 valence electrons. The van der Waals surface area contributed by atoms with Gasteiger partial charge in [-0.3, -0.25) is 4.99 Å². The van der Waals surface area contributed by atoms with Crippen LogP contribution in [0.5, 0.6) is 0 Å². The van der Waals surface area contributed by atoms with Gasteiger partial charge in [-0.25, -0.2) is 4.79 Å². The molecule has 0 aromatic heterocycles. The van der Waals surface area contributed by atoms with Gasteiger partial charge in [0.25, 0.3) is 0 Å². The lowest BCUT2D eigenvalue weighted by atomic mass is 10.0. The Hall–Kier alpha value is -4.08. The average Bonchev–Trinajstić information content (AvgIpc) is 2.71. The van der Waals surface area contributed by atoms with Crippen molar-refractivity contribution in [2.24, 2.45) is 38.1 Å². The van der Waals surface area contributed by atoms with Gasteiger partial charge < -0.3 is 33.6 Å². The van der Waals surface area contributed by atoms with Crippen molar-refractivity contribution < 1.29 is 4.79 Å². The molecule has 0 saturated heterocycles. The third kappa shape index (κ3) is 7.15. The molecule has 0 aliphatic carbocycles. The van der Waals surface area contributed by atoms with Crippen LogP contribution in [0.3, 0.4) is 0 Å². The first-order chi connectivity index (χ1) is 14.2. The van der Waals surface area contributed by atoms with Crippen molar-refractivity contribution in [2.75, 3.05) is 17.2 Å². The fourth-order valence-electron chi connectivity index (χ4n) is 2.52. The van der Waals surface area contributed by atoms with Gasteiger partial charge in [-0.05, 0) is 42.3 Å². The molecule has 0 spiro atoms. The molecule has 0 heterocycles. The Kier molecular flexibility index (Phi) is 7.74. The van der Waals surface area contributed by atoms with Gasteiger partial charge in [0.15, 0.2) is 5.96 Å². The summed E-state index contributed by atoms with van der Waals surface area (Å²) in [6.45, 7) is 4.31. The molecular formula is C20H27N9O. The molecule has 10 N–H and O–H groups in total. The van der Waals surface area contributed by atoms with E-state index in [2.05, 4.69) is 25.8 Å². The summed E-state index contributed by atoms with van der Waals surface area (Å²) in [5, 5.41) is 13.1. The number of guanidine groups is 2. The molecule has 30 heavy (non-hydrogen) atoms. The fraction of sp³-hybridized carbons (Fsp3) is 0.200. The largest absolute Gasteiger partial charge is 0.370 e. The number of rotatable bonds is 7. The first-order valence-corrected chi connectivity index (χ1v) is 9.21. The monoisotopic (exact) mass is 409 g/mol. The maximum absolute atomic E-state index is 12.2. The van der Waals surface area contributed by atoms with E-state index in [-0.39, 0.29) is 23.9 Å². The van der Waals surface area contributed by atoms with Crippen molar-refractivity contribution >= 4 is 35.0 Å². The van der Waals surface area contributed by atoms with E-state index in [0.29, 0.717) is 23.6 Å². The number of hydrogen-bond donors (Lipinski definition) is 6. The van der Waals surface area contributed by atoms with E-state index >= 15 is 0 Å². The summed E-state index contributed by atoms with van der Waals surface area (Å²) >= 11 is 0. The summed E-state index contributed by atoms with van der Waals surface area (Å²) in [6.07, 6.45) is 0. The number of carbonyl (C=O) groups is 1. The average molecular weight is 409 g/mol. The Labute approximate surface area is 175 Å². The lowest BCUT2D eigenvalue weighted by molar-refractivity contribution is 0.262. The summed E-state index contributed by atoms with van der Waals surface area (Å²) in [4.78, 5) is 16.3. The molecule has 0 aliphatic rings. The van der Waals surface area contributed by atoms with Crippen LogP contribution in [0, 0.1) is 0 Å². The summed E-state index contributed by atoms with van der Waals surface area (Å²) < 4.78 is 0. The minimum absolute atomic E-state index is 0.0704. The van der Waals surface area contributed by atoms with Crippen molar-refractivity contribution in [3.8, 4) is 0 Å². The van der Waals surface area contributed by atoms with Crippen LogP contribution >= 0.6 is 0 Å². The minimum atomic E-state index is -0.352. The van der Waals surface area contributed by atoms with E-state index in [1.807, 2.05) is 43.3 Å². The van der Waals surface area contributed by atoms with Gasteiger partial charge in [0.05, 0.1) is 5.71 Å². The summed E-state index contributed by atoms with van der Waals surface area (Å²) in [5.41, 5.74) is 25.1. The van der Waals surface area contributed by atoms with E-state index in [4.69, 9.17) is 22.9 Å². The number of aliphatic imine (C=N–C) groups is 1. The summed E-state index contributed by atoms with van der Waals surface area (Å²) in [5.74, 6) is 0.120. The van der Waals surface area contributed by atoms with Crippen molar-refractivity contribution in [1.29, 1.82) is 0 Å². The van der Waals surface area contributed by atoms with Crippen LogP contribution in [0.2, 0.25) is 0 Å². The normalized spacial score (nSPS) is 11.9. The van der Waals surface area contributed by atoms with E-state index in [9.17, 15) is 4.79 Å². The van der Waals surface area contributed by atoms with E-state index in [1.165, 1.54) is 0 Å². The number of carbonyl (C=O) groups excluding carboxylic acids is 1. The molecule has 0 bridgehead atoms. The number of anilines is 2. The van der Waals surface area contributed by atoms with Gasteiger partial charge in [0, 0.05) is 23.8 Å². The molecule has 2 aromatic rings. The summed E-state index contributed by atoms with van der Waals surface area (Å²) in [6, 6.07) is 14.3. The van der Waals surface area contributed by atoms with Gasteiger partial charge in [0.2, 0.25) is 5.96 Å². The van der Waals surface area contributed by atoms with Crippen molar-refractivity contribution in [2.45, 2.75) is 19.8 Å². The lowest BCUT2D eigenvalue weighted by Crippen LogP contribution is -2.23. The second-order valence-electron chi connectivity index (χ2n) is 6.66. The van der Waals surface area contributed by atoms with Crippen LogP contribution in [-0.4, -0.2) is 30.2 Å². The van der Waals surface area contributed by atoms with Crippen LogP contribution in [0.1, 0.15) is 30.9 Å². The van der Waals surface area contributed by atoms with Crippen molar-refractivity contribution in [3.63, 3.8) is 0 Å². The molecule has 2 amide bonds. The van der Waals surface area contributed by atoms with Gasteiger partial charge in [-0.15, -0.1) is 5.10 Å². The molecule has 10 heteroatoms. The predicted octanol–water partition coefficient (Wildman–Crippen LogP) is 1.70. The third-order valence-corrected chi connectivity index (χ3v) is 4.16. The van der Waals surface area contributed by atoms with Crippen LogP contribution in [0.25, 0.3) is 0 Å². The van der Waals surface area contributed by atoms with Gasteiger partial charge in [0.1, 0.15) is 0 Å². The zero-order chi connectivity index (χ0) is 22.1. The third-order valence-electron chi connectivity index (χ3n) is 4.16. The Morgan fingerprint density at radius 3 is 1.90 bits per heavy atom. The minimum Gasteiger partial charge on any atom is -0.370 e. The molecule has 0 saturated carbocycles. The molecule has 2 aromatic carbocycles. The van der Waals surface area contributed by atoms with Crippen molar-refractivity contribution in [1.82, 2.24) is 0 Å². The quantitative estimate of drug-likeness (QED) is 0.231.